The van der Waals surface area contributed by atoms with Crippen LogP contribution in [-0.2, 0) is 20.9 Å². The van der Waals surface area contributed by atoms with E-state index in [1.165, 1.54) is 0 Å². The molecule has 5 rings (SSSR count). The molecule has 0 aliphatic carbocycles. The molecule has 0 aromatic carbocycles. The van der Waals surface area contributed by atoms with E-state index in [-0.39, 0.29) is 36.2 Å². The van der Waals surface area contributed by atoms with Crippen LogP contribution in [0.3, 0.4) is 0 Å². The Morgan fingerprint density at radius 2 is 2.29 bits per heavy atom. The summed E-state index contributed by atoms with van der Waals surface area (Å²) in [6.07, 6.45) is 5.11. The van der Waals surface area contributed by atoms with Crippen molar-refractivity contribution in [3.8, 4) is 0 Å². The number of hydrogen-bond acceptors (Lipinski definition) is 5. The van der Waals surface area contributed by atoms with Gasteiger partial charge in [0.1, 0.15) is 0 Å². The minimum absolute atomic E-state index is 0. The van der Waals surface area contributed by atoms with E-state index >= 15 is 0 Å². The van der Waals surface area contributed by atoms with Gasteiger partial charge in [-0.15, -0.1) is 12.4 Å². The fraction of sp³-hybridized carbons (Fsp3) is 0.526. The molecule has 3 fully saturated rings. The Kier molecular flexibility index (Phi) is 4.81. The van der Waals surface area contributed by atoms with Crippen LogP contribution in [0.1, 0.15) is 18.4 Å². The molecule has 0 saturated carbocycles. The van der Waals surface area contributed by atoms with E-state index in [9.17, 15) is 9.59 Å². The summed E-state index contributed by atoms with van der Waals surface area (Å²) < 4.78 is 7.98. The molecule has 2 aromatic heterocycles. The molecule has 1 spiro atoms. The fourth-order valence-corrected chi connectivity index (χ4v) is 5.15. The molecule has 5 heterocycles. The molecule has 3 saturated heterocycles. The normalized spacial score (nSPS) is 30.5. The average molecular weight is 406 g/mol. The van der Waals surface area contributed by atoms with E-state index in [1.807, 2.05) is 24.4 Å². The SMILES string of the molecule is Cl.NCCN1C[C@]23CC[C@H](O2)[C@H](C(=O)NCc2cccn4nccc24)[C@@H]3C1=O. The topological polar surface area (TPSA) is 102 Å². The van der Waals surface area contributed by atoms with Crippen molar-refractivity contribution >= 4 is 29.7 Å². The number of nitrogens with one attached hydrogen (secondary N) is 1. The first-order chi connectivity index (χ1) is 13.1. The lowest BCUT2D eigenvalue weighted by atomic mass is 9.73. The van der Waals surface area contributed by atoms with Gasteiger partial charge in [-0.3, -0.25) is 9.59 Å². The lowest BCUT2D eigenvalue weighted by Crippen LogP contribution is -2.45. The number of hydrogen-bond donors (Lipinski definition) is 2. The van der Waals surface area contributed by atoms with Crippen LogP contribution < -0.4 is 11.1 Å². The zero-order chi connectivity index (χ0) is 18.6. The number of nitrogens with zero attached hydrogens (tertiary/aromatic N) is 3. The molecule has 150 valence electrons. The van der Waals surface area contributed by atoms with Crippen molar-refractivity contribution in [3.05, 3.63) is 36.2 Å². The molecular formula is C19H24ClN5O3. The Hall–Kier alpha value is -2.16. The third-order valence-corrected chi connectivity index (χ3v) is 6.28. The van der Waals surface area contributed by atoms with Crippen LogP contribution in [0.2, 0.25) is 0 Å². The third-order valence-electron chi connectivity index (χ3n) is 6.28. The molecule has 9 heteroatoms. The number of pyridine rings is 1. The second-order valence-electron chi connectivity index (χ2n) is 7.72. The molecule has 0 radical (unpaired) electrons. The van der Waals surface area contributed by atoms with Gasteiger partial charge in [0.2, 0.25) is 11.8 Å². The van der Waals surface area contributed by atoms with Gasteiger partial charge in [-0.25, -0.2) is 4.52 Å². The molecule has 0 unspecified atom stereocenters. The highest BCUT2D eigenvalue weighted by atomic mass is 35.5. The number of rotatable bonds is 5. The van der Waals surface area contributed by atoms with E-state index in [0.717, 1.165) is 23.9 Å². The standard InChI is InChI=1S/C19H23N5O3.ClH/c20-6-9-23-11-19-5-3-14(27-19)15(16(19)18(23)26)17(25)21-10-12-2-1-8-24-13(12)4-7-22-24;/h1-2,4,7-8,14-16H,3,5-6,9-11,20H2,(H,21,25);1H/t14-,15-,16+,19-;/m0./s1. The van der Waals surface area contributed by atoms with E-state index in [2.05, 4.69) is 10.4 Å². The maximum Gasteiger partial charge on any atom is 0.229 e. The first kappa shape index (κ1) is 19.2. The highest BCUT2D eigenvalue weighted by molar-refractivity contribution is 5.92. The summed E-state index contributed by atoms with van der Waals surface area (Å²) in [5, 5.41) is 7.25. The van der Waals surface area contributed by atoms with Gasteiger partial charge in [0, 0.05) is 32.0 Å². The summed E-state index contributed by atoms with van der Waals surface area (Å²) >= 11 is 0. The molecule has 28 heavy (non-hydrogen) atoms. The highest BCUT2D eigenvalue weighted by Crippen LogP contribution is 2.55. The Morgan fingerprint density at radius 3 is 3.11 bits per heavy atom. The minimum atomic E-state index is -0.496. The van der Waals surface area contributed by atoms with Crippen molar-refractivity contribution in [1.82, 2.24) is 19.8 Å². The first-order valence-electron chi connectivity index (χ1n) is 9.48. The molecule has 2 aromatic rings. The lowest BCUT2D eigenvalue weighted by molar-refractivity contribution is -0.138. The van der Waals surface area contributed by atoms with Crippen LogP contribution in [0.15, 0.2) is 30.6 Å². The maximum absolute atomic E-state index is 13.0. The Balaban J connectivity index is 0.00000192. The van der Waals surface area contributed by atoms with E-state index in [0.29, 0.717) is 26.2 Å². The van der Waals surface area contributed by atoms with E-state index < -0.39 is 11.5 Å². The number of fused-ring (bicyclic) bond motifs is 2. The van der Waals surface area contributed by atoms with Crippen LogP contribution in [0, 0.1) is 11.8 Å². The number of amides is 2. The molecular weight excluding hydrogens is 382 g/mol. The monoisotopic (exact) mass is 405 g/mol. The molecule has 3 N–H and O–H groups in total. The summed E-state index contributed by atoms with van der Waals surface area (Å²) in [7, 11) is 0. The van der Waals surface area contributed by atoms with Crippen molar-refractivity contribution < 1.29 is 14.3 Å². The van der Waals surface area contributed by atoms with E-state index in [4.69, 9.17) is 10.5 Å². The van der Waals surface area contributed by atoms with Crippen molar-refractivity contribution in [1.29, 1.82) is 0 Å². The number of halogens is 1. The molecule has 3 aliphatic heterocycles. The van der Waals surface area contributed by atoms with Gasteiger partial charge in [-0.05, 0) is 30.5 Å². The predicted molar refractivity (Wildman–Crippen MR) is 104 cm³/mol. The number of aromatic nitrogens is 2. The zero-order valence-corrected chi connectivity index (χ0v) is 16.2. The first-order valence-corrected chi connectivity index (χ1v) is 9.48. The summed E-state index contributed by atoms with van der Waals surface area (Å²) in [6.45, 7) is 1.90. The van der Waals surface area contributed by atoms with Crippen molar-refractivity contribution in [3.63, 3.8) is 0 Å². The second kappa shape index (κ2) is 7.02. The Morgan fingerprint density at radius 1 is 1.43 bits per heavy atom. The lowest BCUT2D eigenvalue weighted by Gasteiger charge is -2.27. The summed E-state index contributed by atoms with van der Waals surface area (Å²) in [5.74, 6) is -0.885. The molecule has 4 atom stereocenters. The quantitative estimate of drug-likeness (QED) is 0.746. The number of likely N-dealkylation sites (tertiary alicyclic amines) is 1. The van der Waals surface area contributed by atoms with Gasteiger partial charge in [0.25, 0.3) is 0 Å². The second-order valence-corrected chi connectivity index (χ2v) is 7.72. The number of carbonyl (C=O) groups excluding carboxylic acids is 2. The molecule has 8 nitrogen and oxygen atoms in total. The van der Waals surface area contributed by atoms with E-state index in [1.54, 1.807) is 15.6 Å². The highest BCUT2D eigenvalue weighted by Gasteiger charge is 2.68. The van der Waals surface area contributed by atoms with Gasteiger partial charge in [-0.2, -0.15) is 5.10 Å². The zero-order valence-electron chi connectivity index (χ0n) is 15.4. The van der Waals surface area contributed by atoms with Crippen molar-refractivity contribution in [2.24, 2.45) is 17.6 Å². The third kappa shape index (κ3) is 2.70. The predicted octanol–water partition coefficient (Wildman–Crippen LogP) is 0.337. The summed E-state index contributed by atoms with van der Waals surface area (Å²) in [5.41, 5.74) is 7.10. The van der Waals surface area contributed by atoms with Gasteiger partial charge in [0.05, 0.1) is 35.6 Å². The number of nitrogens with two attached hydrogens (primary N) is 1. The van der Waals surface area contributed by atoms with Crippen LogP contribution in [0.25, 0.3) is 5.52 Å². The summed E-state index contributed by atoms with van der Waals surface area (Å²) in [4.78, 5) is 27.7. The van der Waals surface area contributed by atoms with Crippen LogP contribution >= 0.6 is 12.4 Å². The van der Waals surface area contributed by atoms with Crippen LogP contribution in [0.5, 0.6) is 0 Å². The maximum atomic E-state index is 13.0. The molecule has 2 amide bonds. The number of ether oxygens (including phenoxy) is 1. The molecule has 2 bridgehead atoms. The van der Waals surface area contributed by atoms with Gasteiger partial charge in [0.15, 0.2) is 0 Å². The minimum Gasteiger partial charge on any atom is -0.368 e. The van der Waals surface area contributed by atoms with Crippen molar-refractivity contribution in [2.75, 3.05) is 19.6 Å². The molecule has 3 aliphatic rings. The van der Waals surface area contributed by atoms with Gasteiger partial charge >= 0.3 is 0 Å². The van der Waals surface area contributed by atoms with Gasteiger partial charge < -0.3 is 20.7 Å². The van der Waals surface area contributed by atoms with Crippen LogP contribution in [-0.4, -0.2) is 57.7 Å². The van der Waals surface area contributed by atoms with Crippen LogP contribution in [0.4, 0.5) is 0 Å². The van der Waals surface area contributed by atoms with Gasteiger partial charge in [-0.1, -0.05) is 6.07 Å². The summed E-state index contributed by atoms with van der Waals surface area (Å²) in [6, 6.07) is 5.80. The van der Waals surface area contributed by atoms with Crippen molar-refractivity contribution in [2.45, 2.75) is 31.1 Å². The Labute approximate surface area is 168 Å². The Bertz CT molecular complexity index is 918. The fourth-order valence-electron chi connectivity index (χ4n) is 5.15. The smallest absolute Gasteiger partial charge is 0.229 e. The average Bonchev–Trinajstić information content (AvgIpc) is 3.41. The largest absolute Gasteiger partial charge is 0.368 e. The number of carbonyl (C=O) groups is 2.